The second-order valence-electron chi connectivity index (χ2n) is 6.76. The molecular weight excluding hydrogens is 292 g/mol. The number of rotatable bonds is 13. The summed E-state index contributed by atoms with van der Waals surface area (Å²) in [4.78, 5) is 0. The van der Waals surface area contributed by atoms with Crippen molar-refractivity contribution in [1.29, 1.82) is 0 Å². The van der Waals surface area contributed by atoms with E-state index in [2.05, 4.69) is 60.2 Å². The zero-order chi connectivity index (χ0) is 16.9. The Morgan fingerprint density at radius 1 is 0.667 bits per heavy atom. The van der Waals surface area contributed by atoms with Crippen molar-refractivity contribution < 1.29 is 0 Å². The van der Waals surface area contributed by atoms with E-state index in [1.54, 1.807) is 0 Å². The number of nitrogens with one attached hydrogen (secondary N) is 2. The van der Waals surface area contributed by atoms with Gasteiger partial charge in [0.05, 0.1) is 5.69 Å². The molecule has 0 amide bonds. The lowest BCUT2D eigenvalue weighted by molar-refractivity contribution is 0.551. The van der Waals surface area contributed by atoms with E-state index < -0.39 is 0 Å². The molecule has 2 rings (SSSR count). The molecule has 132 valence electrons. The van der Waals surface area contributed by atoms with E-state index in [-0.39, 0.29) is 0 Å². The van der Waals surface area contributed by atoms with Crippen LogP contribution in [0.15, 0.2) is 42.5 Å². The lowest BCUT2D eigenvalue weighted by Crippen LogP contribution is -2.22. The maximum Gasteiger partial charge on any atom is 0.0565 e. The third kappa shape index (κ3) is 6.92. The predicted molar refractivity (Wildman–Crippen MR) is 107 cm³/mol. The lowest BCUT2D eigenvalue weighted by Gasteiger charge is -2.11. The van der Waals surface area contributed by atoms with Gasteiger partial charge in [-0.2, -0.15) is 0 Å². The number of anilines is 1. The molecule has 0 aliphatic rings. The molecule has 2 heteroatoms. The summed E-state index contributed by atoms with van der Waals surface area (Å²) >= 11 is 0. The Balaban J connectivity index is 1.49. The van der Waals surface area contributed by atoms with Crippen LogP contribution in [0.25, 0.3) is 10.8 Å². The Morgan fingerprint density at radius 2 is 1.29 bits per heavy atom. The minimum atomic E-state index is 1.03. The van der Waals surface area contributed by atoms with Crippen molar-refractivity contribution in [3.8, 4) is 0 Å². The van der Waals surface area contributed by atoms with Gasteiger partial charge in [-0.1, -0.05) is 101 Å². The Kier molecular flexibility index (Phi) is 9.33. The first-order chi connectivity index (χ1) is 11.9. The molecule has 0 atom stereocenters. The molecule has 0 radical (unpaired) electrons. The van der Waals surface area contributed by atoms with E-state index in [0.29, 0.717) is 0 Å². The van der Waals surface area contributed by atoms with Crippen LogP contribution < -0.4 is 10.9 Å². The van der Waals surface area contributed by atoms with Gasteiger partial charge in [-0.25, -0.2) is 5.43 Å². The number of benzene rings is 2. The highest BCUT2D eigenvalue weighted by Gasteiger charge is 1.98. The highest BCUT2D eigenvalue weighted by molar-refractivity contribution is 5.93. The van der Waals surface area contributed by atoms with Crippen LogP contribution in [0.2, 0.25) is 0 Å². The monoisotopic (exact) mass is 326 g/mol. The largest absolute Gasteiger partial charge is 0.321 e. The van der Waals surface area contributed by atoms with E-state index in [4.69, 9.17) is 0 Å². The van der Waals surface area contributed by atoms with E-state index in [0.717, 1.165) is 6.54 Å². The van der Waals surface area contributed by atoms with Crippen LogP contribution in [0, 0.1) is 0 Å². The van der Waals surface area contributed by atoms with Crippen LogP contribution >= 0.6 is 0 Å². The third-order valence-electron chi connectivity index (χ3n) is 4.67. The molecule has 0 unspecified atom stereocenters. The van der Waals surface area contributed by atoms with Gasteiger partial charge >= 0.3 is 0 Å². The van der Waals surface area contributed by atoms with Crippen molar-refractivity contribution in [2.75, 3.05) is 12.0 Å². The Hall–Kier alpha value is -1.54. The van der Waals surface area contributed by atoms with Gasteiger partial charge in [0.15, 0.2) is 0 Å². The predicted octanol–water partition coefficient (Wildman–Crippen LogP) is 6.68. The fourth-order valence-corrected chi connectivity index (χ4v) is 3.19. The fourth-order valence-electron chi connectivity index (χ4n) is 3.19. The van der Waals surface area contributed by atoms with Gasteiger partial charge in [0.1, 0.15) is 0 Å². The topological polar surface area (TPSA) is 24.1 Å². The van der Waals surface area contributed by atoms with Crippen LogP contribution in [-0.2, 0) is 0 Å². The second-order valence-corrected chi connectivity index (χ2v) is 6.76. The van der Waals surface area contributed by atoms with E-state index in [9.17, 15) is 0 Å². The van der Waals surface area contributed by atoms with Gasteiger partial charge in [0, 0.05) is 11.9 Å². The van der Waals surface area contributed by atoms with Crippen LogP contribution in [-0.4, -0.2) is 6.54 Å². The molecule has 24 heavy (non-hydrogen) atoms. The van der Waals surface area contributed by atoms with Crippen LogP contribution in [0.5, 0.6) is 0 Å². The van der Waals surface area contributed by atoms with Crippen molar-refractivity contribution in [2.45, 2.75) is 71.1 Å². The van der Waals surface area contributed by atoms with Crippen LogP contribution in [0.1, 0.15) is 71.1 Å². The average Bonchev–Trinajstić information content (AvgIpc) is 2.63. The molecule has 0 fully saturated rings. The number of hydrogen-bond acceptors (Lipinski definition) is 2. The van der Waals surface area contributed by atoms with Gasteiger partial charge in [-0.3, -0.25) is 0 Å². The number of hydrogen-bond donors (Lipinski definition) is 2. The number of hydrazine groups is 1. The van der Waals surface area contributed by atoms with Crippen molar-refractivity contribution in [2.24, 2.45) is 0 Å². The Labute approximate surface area is 148 Å². The molecule has 0 aliphatic heterocycles. The first kappa shape index (κ1) is 18.8. The molecule has 2 N–H and O–H groups in total. The van der Waals surface area contributed by atoms with Gasteiger partial charge in [-0.05, 0) is 17.9 Å². The molecule has 0 heterocycles. The molecule has 2 aromatic rings. The molecule has 0 spiro atoms. The minimum Gasteiger partial charge on any atom is -0.321 e. The highest BCUT2D eigenvalue weighted by atomic mass is 15.3. The molecular formula is C22H34N2. The molecule has 0 bridgehead atoms. The van der Waals surface area contributed by atoms with Gasteiger partial charge in [0.2, 0.25) is 0 Å². The molecule has 2 nitrogen and oxygen atoms in total. The summed E-state index contributed by atoms with van der Waals surface area (Å²) in [5.74, 6) is 0. The van der Waals surface area contributed by atoms with E-state index in [1.165, 1.54) is 80.7 Å². The minimum absolute atomic E-state index is 1.03. The summed E-state index contributed by atoms with van der Waals surface area (Å²) in [5.41, 5.74) is 7.90. The molecule has 0 aliphatic carbocycles. The normalized spacial score (nSPS) is 11.0. The molecule has 0 aromatic heterocycles. The summed E-state index contributed by atoms with van der Waals surface area (Å²) < 4.78 is 0. The van der Waals surface area contributed by atoms with Crippen molar-refractivity contribution in [3.63, 3.8) is 0 Å². The standard InChI is InChI=1S/C22H34N2/c1-2-3-4-5-6-7-8-9-10-13-19-23-24-22-18-14-16-20-15-11-12-17-21(20)22/h11-12,14-18,23-24H,2-10,13,19H2,1H3. The second kappa shape index (κ2) is 11.9. The maximum absolute atomic E-state index is 3.37. The smallest absolute Gasteiger partial charge is 0.0565 e. The zero-order valence-corrected chi connectivity index (χ0v) is 15.3. The fraction of sp³-hybridized carbons (Fsp3) is 0.545. The summed E-state index contributed by atoms with van der Waals surface area (Å²) in [6.07, 6.45) is 13.8. The van der Waals surface area contributed by atoms with Gasteiger partial charge in [-0.15, -0.1) is 0 Å². The van der Waals surface area contributed by atoms with Crippen molar-refractivity contribution >= 4 is 16.5 Å². The summed E-state index contributed by atoms with van der Waals surface area (Å²) in [7, 11) is 0. The van der Waals surface area contributed by atoms with Crippen molar-refractivity contribution in [1.82, 2.24) is 5.43 Å². The Morgan fingerprint density at radius 3 is 2.04 bits per heavy atom. The zero-order valence-electron chi connectivity index (χ0n) is 15.3. The molecule has 2 aromatic carbocycles. The summed E-state index contributed by atoms with van der Waals surface area (Å²) in [5, 5.41) is 2.55. The van der Waals surface area contributed by atoms with Crippen LogP contribution in [0.4, 0.5) is 5.69 Å². The molecule has 0 saturated carbocycles. The lowest BCUT2D eigenvalue weighted by atomic mass is 10.1. The first-order valence-corrected chi connectivity index (χ1v) is 9.88. The van der Waals surface area contributed by atoms with Crippen molar-refractivity contribution in [3.05, 3.63) is 42.5 Å². The van der Waals surface area contributed by atoms with E-state index >= 15 is 0 Å². The molecule has 0 saturated heterocycles. The Bertz CT molecular complexity index is 559. The third-order valence-corrected chi connectivity index (χ3v) is 4.67. The summed E-state index contributed by atoms with van der Waals surface area (Å²) in [6, 6.07) is 14.9. The SMILES string of the molecule is CCCCCCCCCCCCNNc1cccc2ccccc12. The average molecular weight is 327 g/mol. The maximum atomic E-state index is 3.37. The van der Waals surface area contributed by atoms with E-state index in [1.807, 2.05) is 0 Å². The van der Waals surface area contributed by atoms with Crippen LogP contribution in [0.3, 0.4) is 0 Å². The first-order valence-electron chi connectivity index (χ1n) is 9.88. The van der Waals surface area contributed by atoms with Gasteiger partial charge < -0.3 is 5.43 Å². The quantitative estimate of drug-likeness (QED) is 0.317. The summed E-state index contributed by atoms with van der Waals surface area (Å²) in [6.45, 7) is 3.31. The highest BCUT2D eigenvalue weighted by Crippen LogP contribution is 2.22. The number of fused-ring (bicyclic) bond motifs is 1. The number of unbranched alkanes of at least 4 members (excludes halogenated alkanes) is 9. The van der Waals surface area contributed by atoms with Gasteiger partial charge in [0.25, 0.3) is 0 Å².